The van der Waals surface area contributed by atoms with Crippen LogP contribution < -0.4 is 5.32 Å². The average Bonchev–Trinajstić information content (AvgIpc) is 2.89. The first-order chi connectivity index (χ1) is 9.56. The molecule has 20 heavy (non-hydrogen) atoms. The Bertz CT molecular complexity index is 592. The third-order valence-corrected chi connectivity index (χ3v) is 4.61. The second-order valence-corrected chi connectivity index (χ2v) is 5.97. The van der Waals surface area contributed by atoms with E-state index in [1.54, 1.807) is 18.3 Å². The maximum atomic E-state index is 14.2. The fourth-order valence-corrected chi connectivity index (χ4v) is 3.24. The summed E-state index contributed by atoms with van der Waals surface area (Å²) in [7, 11) is 0. The van der Waals surface area contributed by atoms with Crippen LogP contribution in [0.25, 0.3) is 0 Å². The monoisotopic (exact) mass is 295 g/mol. The summed E-state index contributed by atoms with van der Waals surface area (Å²) in [6, 6.07) is 6.33. The normalized spacial score (nSPS) is 12.7. The predicted octanol–water partition coefficient (Wildman–Crippen LogP) is 4.60. The number of nitrogens with one attached hydrogen (secondary N) is 1. The van der Waals surface area contributed by atoms with Crippen molar-refractivity contribution < 1.29 is 8.78 Å². The Labute approximate surface area is 122 Å². The van der Waals surface area contributed by atoms with Crippen molar-refractivity contribution in [2.45, 2.75) is 33.2 Å². The van der Waals surface area contributed by atoms with E-state index in [1.807, 2.05) is 19.1 Å². The molecule has 0 bridgehead atoms. The van der Waals surface area contributed by atoms with Gasteiger partial charge in [-0.15, -0.1) is 11.3 Å². The topological polar surface area (TPSA) is 12.0 Å². The van der Waals surface area contributed by atoms with Gasteiger partial charge in [0.15, 0.2) is 0 Å². The third kappa shape index (κ3) is 3.07. The van der Waals surface area contributed by atoms with E-state index in [-0.39, 0.29) is 17.7 Å². The standard InChI is InChI=1S/C16H19F2NS/c1-4-11-6-7-15(20-11)16(19-5-2)12-9-13(17)10(3)8-14(12)18/h6-9,16,19H,4-5H2,1-3H3. The van der Waals surface area contributed by atoms with Crippen LogP contribution in [0.1, 0.15) is 40.8 Å². The van der Waals surface area contributed by atoms with E-state index >= 15 is 0 Å². The van der Waals surface area contributed by atoms with Crippen LogP contribution in [0.2, 0.25) is 0 Å². The minimum atomic E-state index is -0.364. The van der Waals surface area contributed by atoms with E-state index in [9.17, 15) is 8.78 Å². The lowest BCUT2D eigenvalue weighted by atomic mass is 10.0. The van der Waals surface area contributed by atoms with Crippen molar-refractivity contribution >= 4 is 11.3 Å². The summed E-state index contributed by atoms with van der Waals surface area (Å²) < 4.78 is 27.9. The number of aryl methyl sites for hydroxylation is 2. The molecule has 4 heteroatoms. The van der Waals surface area contributed by atoms with Crippen molar-refractivity contribution in [2.24, 2.45) is 0 Å². The van der Waals surface area contributed by atoms with Gasteiger partial charge >= 0.3 is 0 Å². The molecule has 108 valence electrons. The van der Waals surface area contributed by atoms with Gasteiger partial charge in [0, 0.05) is 15.3 Å². The van der Waals surface area contributed by atoms with Crippen LogP contribution in [-0.4, -0.2) is 6.54 Å². The van der Waals surface area contributed by atoms with Gasteiger partial charge in [-0.3, -0.25) is 0 Å². The third-order valence-electron chi connectivity index (χ3n) is 3.31. The van der Waals surface area contributed by atoms with Gasteiger partial charge in [-0.1, -0.05) is 13.8 Å². The first-order valence-electron chi connectivity index (χ1n) is 6.84. The van der Waals surface area contributed by atoms with Crippen LogP contribution >= 0.6 is 11.3 Å². The highest BCUT2D eigenvalue weighted by molar-refractivity contribution is 7.12. The lowest BCUT2D eigenvalue weighted by Gasteiger charge is -2.18. The number of thiophene rings is 1. The minimum absolute atomic E-state index is 0.291. The van der Waals surface area contributed by atoms with Crippen LogP contribution in [0.15, 0.2) is 24.3 Å². The van der Waals surface area contributed by atoms with Gasteiger partial charge in [-0.25, -0.2) is 8.78 Å². The smallest absolute Gasteiger partial charge is 0.128 e. The molecule has 0 radical (unpaired) electrons. The van der Waals surface area contributed by atoms with Gasteiger partial charge in [0.05, 0.1) is 6.04 Å². The molecule has 0 aliphatic carbocycles. The zero-order valence-electron chi connectivity index (χ0n) is 12.0. The highest BCUT2D eigenvalue weighted by atomic mass is 32.1. The van der Waals surface area contributed by atoms with Gasteiger partial charge in [0.1, 0.15) is 11.6 Å². The maximum absolute atomic E-state index is 14.2. The van der Waals surface area contributed by atoms with E-state index in [0.717, 1.165) is 11.3 Å². The number of benzene rings is 1. The van der Waals surface area contributed by atoms with Crippen molar-refractivity contribution in [3.8, 4) is 0 Å². The molecule has 2 rings (SSSR count). The first-order valence-corrected chi connectivity index (χ1v) is 7.66. The van der Waals surface area contributed by atoms with E-state index in [4.69, 9.17) is 0 Å². The Hall–Kier alpha value is -1.26. The molecule has 0 spiro atoms. The van der Waals surface area contributed by atoms with Crippen molar-refractivity contribution in [1.82, 2.24) is 5.32 Å². The molecule has 1 nitrogen and oxygen atoms in total. The van der Waals surface area contributed by atoms with Gasteiger partial charge < -0.3 is 5.32 Å². The molecule has 0 fully saturated rings. The highest BCUT2D eigenvalue weighted by Gasteiger charge is 2.20. The summed E-state index contributed by atoms with van der Waals surface area (Å²) >= 11 is 1.64. The molecule has 0 amide bonds. The quantitative estimate of drug-likeness (QED) is 0.850. The van der Waals surface area contributed by atoms with Gasteiger partial charge in [0.2, 0.25) is 0 Å². The average molecular weight is 295 g/mol. The lowest BCUT2D eigenvalue weighted by Crippen LogP contribution is -2.22. The predicted molar refractivity (Wildman–Crippen MR) is 80.3 cm³/mol. The van der Waals surface area contributed by atoms with Gasteiger partial charge in [-0.05, 0) is 49.7 Å². The van der Waals surface area contributed by atoms with Crippen LogP contribution in [0, 0.1) is 18.6 Å². The van der Waals surface area contributed by atoms with Crippen molar-refractivity contribution in [1.29, 1.82) is 0 Å². The Morgan fingerprint density at radius 1 is 1.15 bits per heavy atom. The Morgan fingerprint density at radius 3 is 2.50 bits per heavy atom. The van der Waals surface area contributed by atoms with Gasteiger partial charge in [0.25, 0.3) is 0 Å². The summed E-state index contributed by atoms with van der Waals surface area (Å²) in [6.45, 7) is 6.32. The molecular formula is C16H19F2NS. The molecule has 1 heterocycles. The zero-order chi connectivity index (χ0) is 14.7. The molecule has 1 aromatic heterocycles. The number of halogens is 2. The minimum Gasteiger partial charge on any atom is -0.306 e. The molecule has 1 atom stereocenters. The van der Waals surface area contributed by atoms with Crippen molar-refractivity contribution in [2.75, 3.05) is 6.54 Å². The second kappa shape index (κ2) is 6.46. The Kier molecular flexibility index (Phi) is 4.89. The van der Waals surface area contributed by atoms with E-state index in [2.05, 4.69) is 12.2 Å². The van der Waals surface area contributed by atoms with Crippen molar-refractivity contribution in [3.05, 3.63) is 56.8 Å². The number of hydrogen-bond acceptors (Lipinski definition) is 2. The Balaban J connectivity index is 2.45. The summed E-state index contributed by atoms with van der Waals surface area (Å²) in [4.78, 5) is 2.27. The highest BCUT2D eigenvalue weighted by Crippen LogP contribution is 2.31. The lowest BCUT2D eigenvalue weighted by molar-refractivity contribution is 0.544. The molecule has 2 aromatic rings. The molecule has 0 aliphatic heterocycles. The van der Waals surface area contributed by atoms with E-state index < -0.39 is 0 Å². The van der Waals surface area contributed by atoms with Crippen LogP contribution in [0.5, 0.6) is 0 Å². The fourth-order valence-electron chi connectivity index (χ4n) is 2.19. The largest absolute Gasteiger partial charge is 0.306 e. The second-order valence-electron chi connectivity index (χ2n) is 4.77. The molecule has 0 aliphatic rings. The number of rotatable bonds is 5. The van der Waals surface area contributed by atoms with Crippen LogP contribution in [0.4, 0.5) is 8.78 Å². The van der Waals surface area contributed by atoms with Crippen LogP contribution in [0.3, 0.4) is 0 Å². The summed E-state index contributed by atoms with van der Waals surface area (Å²) in [5.41, 5.74) is 0.710. The number of hydrogen-bond donors (Lipinski definition) is 1. The van der Waals surface area contributed by atoms with Crippen molar-refractivity contribution in [3.63, 3.8) is 0 Å². The first kappa shape index (κ1) is 15.1. The van der Waals surface area contributed by atoms with Gasteiger partial charge in [-0.2, -0.15) is 0 Å². The molecule has 0 saturated carbocycles. The maximum Gasteiger partial charge on any atom is 0.128 e. The summed E-state index contributed by atoms with van der Waals surface area (Å²) in [5.74, 6) is -0.724. The summed E-state index contributed by atoms with van der Waals surface area (Å²) in [6.07, 6.45) is 0.953. The molecular weight excluding hydrogens is 276 g/mol. The SMILES string of the molecule is CCNC(c1ccc(CC)s1)c1cc(F)c(C)cc1F. The fraction of sp³-hybridized carbons (Fsp3) is 0.375. The molecule has 1 aromatic carbocycles. The summed E-state index contributed by atoms with van der Waals surface area (Å²) in [5, 5.41) is 3.24. The molecule has 1 unspecified atom stereocenters. The van der Waals surface area contributed by atoms with Crippen LogP contribution in [-0.2, 0) is 6.42 Å². The molecule has 0 saturated heterocycles. The Morgan fingerprint density at radius 2 is 1.90 bits per heavy atom. The zero-order valence-corrected chi connectivity index (χ0v) is 12.8. The van der Waals surface area contributed by atoms with E-state index in [1.165, 1.54) is 17.0 Å². The van der Waals surface area contributed by atoms with E-state index in [0.29, 0.717) is 17.7 Å². The molecule has 1 N–H and O–H groups in total.